The molecular formula is C21H25N3O6S. The summed E-state index contributed by atoms with van der Waals surface area (Å²) in [6.45, 7) is 4.10. The van der Waals surface area contributed by atoms with E-state index < -0.39 is 21.9 Å². The Balaban J connectivity index is 1.98. The van der Waals surface area contributed by atoms with E-state index in [1.165, 1.54) is 31.2 Å². The van der Waals surface area contributed by atoms with E-state index in [4.69, 9.17) is 4.74 Å². The fraction of sp³-hybridized carbons (Fsp3) is 0.333. The third kappa shape index (κ3) is 7.49. The van der Waals surface area contributed by atoms with Crippen molar-refractivity contribution >= 4 is 27.8 Å². The quantitative estimate of drug-likeness (QED) is 0.419. The minimum absolute atomic E-state index is 0.0133. The number of carbonyl (C=O) groups excluding carboxylic acids is 3. The van der Waals surface area contributed by atoms with Crippen molar-refractivity contribution in [2.24, 2.45) is 0 Å². The van der Waals surface area contributed by atoms with E-state index in [0.29, 0.717) is 13.0 Å². The molecule has 1 aromatic carbocycles. The monoisotopic (exact) mass is 447 g/mol. The zero-order chi connectivity index (χ0) is 22.9. The fourth-order valence-electron chi connectivity index (χ4n) is 2.49. The molecule has 1 aromatic heterocycles. The lowest BCUT2D eigenvalue weighted by Gasteiger charge is -2.09. The molecule has 0 radical (unpaired) electrons. The molecule has 31 heavy (non-hydrogen) atoms. The zero-order valence-electron chi connectivity index (χ0n) is 17.4. The molecule has 0 bridgehead atoms. The molecule has 2 N–H and O–H groups in total. The van der Waals surface area contributed by atoms with Gasteiger partial charge in [-0.2, -0.15) is 0 Å². The van der Waals surface area contributed by atoms with Gasteiger partial charge >= 0.3 is 5.97 Å². The Morgan fingerprint density at radius 1 is 1.06 bits per heavy atom. The second-order valence-electron chi connectivity index (χ2n) is 6.73. The number of benzene rings is 1. The number of amides is 2. The zero-order valence-corrected chi connectivity index (χ0v) is 18.2. The number of sulfonamides is 1. The number of pyridine rings is 1. The third-order valence-corrected chi connectivity index (χ3v) is 5.56. The highest BCUT2D eigenvalue weighted by Crippen LogP contribution is 2.12. The Hall–Kier alpha value is -3.27. The predicted molar refractivity (Wildman–Crippen MR) is 113 cm³/mol. The molecule has 2 rings (SSSR count). The Kier molecular flexibility index (Phi) is 8.68. The number of nitrogens with zero attached hydrogens (tertiary/aromatic N) is 1. The van der Waals surface area contributed by atoms with Crippen molar-refractivity contribution in [3.8, 4) is 0 Å². The normalized spacial score (nSPS) is 10.9. The standard InChI is InChI=1S/C21H25N3O6S/c1-3-4-13-30-21(27)19-10-7-17(14-23-19)20(26)24-31(28,29)18-8-5-16(6-9-18)11-12-22-15(2)25/h5-10,14H,3-4,11-13H2,1-2H3,(H,22,25)(H,24,26). The van der Waals surface area contributed by atoms with E-state index in [9.17, 15) is 22.8 Å². The molecule has 0 saturated heterocycles. The van der Waals surface area contributed by atoms with Crippen LogP contribution in [0.15, 0.2) is 47.5 Å². The van der Waals surface area contributed by atoms with Gasteiger partial charge < -0.3 is 10.1 Å². The lowest BCUT2D eigenvalue weighted by molar-refractivity contribution is -0.118. The molecule has 0 fully saturated rings. The number of aromatic nitrogens is 1. The average molecular weight is 448 g/mol. The van der Waals surface area contributed by atoms with Crippen molar-refractivity contribution in [2.45, 2.75) is 38.0 Å². The first-order valence-electron chi connectivity index (χ1n) is 9.76. The maximum atomic E-state index is 12.5. The van der Waals surface area contributed by atoms with Gasteiger partial charge in [-0.3, -0.25) is 9.59 Å². The summed E-state index contributed by atoms with van der Waals surface area (Å²) in [6.07, 6.45) is 3.28. The van der Waals surface area contributed by atoms with Crippen molar-refractivity contribution in [3.63, 3.8) is 0 Å². The number of unbranched alkanes of at least 4 members (excludes halogenated alkanes) is 1. The van der Waals surface area contributed by atoms with E-state index >= 15 is 0 Å². The molecule has 0 aliphatic carbocycles. The molecule has 2 amide bonds. The van der Waals surface area contributed by atoms with Gasteiger partial charge in [0, 0.05) is 19.7 Å². The van der Waals surface area contributed by atoms with Gasteiger partial charge in [-0.25, -0.2) is 22.9 Å². The van der Waals surface area contributed by atoms with Gasteiger partial charge in [-0.15, -0.1) is 0 Å². The van der Waals surface area contributed by atoms with Gasteiger partial charge in [0.05, 0.1) is 17.1 Å². The highest BCUT2D eigenvalue weighted by molar-refractivity contribution is 7.90. The first-order chi connectivity index (χ1) is 14.7. The van der Waals surface area contributed by atoms with Gasteiger partial charge in [0.25, 0.3) is 15.9 Å². The summed E-state index contributed by atoms with van der Waals surface area (Å²) in [7, 11) is -4.09. The number of carbonyl (C=O) groups is 3. The van der Waals surface area contributed by atoms with Crippen LogP contribution < -0.4 is 10.0 Å². The maximum absolute atomic E-state index is 12.5. The molecule has 0 aliphatic heterocycles. The van der Waals surface area contributed by atoms with E-state index in [2.05, 4.69) is 10.3 Å². The van der Waals surface area contributed by atoms with E-state index in [0.717, 1.165) is 24.6 Å². The van der Waals surface area contributed by atoms with Crippen LogP contribution in [0, 0.1) is 0 Å². The average Bonchev–Trinajstić information content (AvgIpc) is 2.74. The van der Waals surface area contributed by atoms with Crippen LogP contribution in [0.3, 0.4) is 0 Å². The fourth-order valence-corrected chi connectivity index (χ4v) is 3.46. The Bertz CT molecular complexity index is 1020. The number of esters is 1. The summed E-state index contributed by atoms with van der Waals surface area (Å²) in [5.74, 6) is -1.61. The second-order valence-corrected chi connectivity index (χ2v) is 8.42. The van der Waals surface area contributed by atoms with Gasteiger partial charge in [-0.05, 0) is 42.7 Å². The Morgan fingerprint density at radius 3 is 2.35 bits per heavy atom. The lowest BCUT2D eigenvalue weighted by atomic mass is 10.1. The van der Waals surface area contributed by atoms with E-state index in [-0.39, 0.29) is 28.7 Å². The SMILES string of the molecule is CCCCOC(=O)c1ccc(C(=O)NS(=O)(=O)c2ccc(CCNC(C)=O)cc2)cn1. The number of hydrogen-bond acceptors (Lipinski definition) is 7. The number of nitrogens with one attached hydrogen (secondary N) is 2. The summed E-state index contributed by atoms with van der Waals surface area (Å²) < 4.78 is 31.9. The number of ether oxygens (including phenoxy) is 1. The molecule has 2 aromatic rings. The molecule has 0 aliphatic rings. The Morgan fingerprint density at radius 2 is 1.77 bits per heavy atom. The van der Waals surface area contributed by atoms with Crippen molar-refractivity contribution in [1.29, 1.82) is 0 Å². The minimum atomic E-state index is -4.09. The number of rotatable bonds is 10. The van der Waals surface area contributed by atoms with Crippen molar-refractivity contribution in [1.82, 2.24) is 15.0 Å². The smallest absolute Gasteiger partial charge is 0.356 e. The van der Waals surface area contributed by atoms with Gasteiger partial charge in [0.15, 0.2) is 0 Å². The van der Waals surface area contributed by atoms with Gasteiger partial charge in [-0.1, -0.05) is 25.5 Å². The van der Waals surface area contributed by atoms with E-state index in [1.807, 2.05) is 11.6 Å². The summed E-state index contributed by atoms with van der Waals surface area (Å²) in [6, 6.07) is 8.60. The second kappa shape index (κ2) is 11.2. The summed E-state index contributed by atoms with van der Waals surface area (Å²) >= 11 is 0. The van der Waals surface area contributed by atoms with Crippen molar-refractivity contribution in [3.05, 3.63) is 59.4 Å². The van der Waals surface area contributed by atoms with Crippen LogP contribution in [0.2, 0.25) is 0 Å². The van der Waals surface area contributed by atoms with Gasteiger partial charge in [0.2, 0.25) is 5.91 Å². The van der Waals surface area contributed by atoms with Crippen molar-refractivity contribution < 1.29 is 27.5 Å². The van der Waals surface area contributed by atoms with Crippen LogP contribution in [0.4, 0.5) is 0 Å². The lowest BCUT2D eigenvalue weighted by Crippen LogP contribution is -2.30. The molecule has 1 heterocycles. The first kappa shape index (κ1) is 24.0. The molecule has 0 unspecified atom stereocenters. The summed E-state index contributed by atoms with van der Waals surface area (Å²) in [4.78, 5) is 38.8. The molecule has 0 saturated carbocycles. The predicted octanol–water partition coefficient (Wildman–Crippen LogP) is 1.84. The molecule has 10 heteroatoms. The highest BCUT2D eigenvalue weighted by atomic mass is 32.2. The molecule has 0 spiro atoms. The maximum Gasteiger partial charge on any atom is 0.356 e. The van der Waals surface area contributed by atoms with Crippen LogP contribution in [0.25, 0.3) is 0 Å². The molecule has 9 nitrogen and oxygen atoms in total. The molecule has 0 atom stereocenters. The van der Waals surface area contributed by atoms with Crippen molar-refractivity contribution in [2.75, 3.05) is 13.2 Å². The summed E-state index contributed by atoms with van der Waals surface area (Å²) in [5, 5.41) is 2.66. The van der Waals surface area contributed by atoms with Crippen LogP contribution in [0.1, 0.15) is 53.1 Å². The van der Waals surface area contributed by atoms with Crippen LogP contribution in [-0.2, 0) is 26.0 Å². The minimum Gasteiger partial charge on any atom is -0.461 e. The molecule has 166 valence electrons. The van der Waals surface area contributed by atoms with Crippen LogP contribution in [0.5, 0.6) is 0 Å². The summed E-state index contributed by atoms with van der Waals surface area (Å²) in [5.41, 5.74) is 0.857. The Labute approximate surface area is 181 Å². The van der Waals surface area contributed by atoms with Gasteiger partial charge in [0.1, 0.15) is 5.69 Å². The van der Waals surface area contributed by atoms with Crippen LogP contribution in [-0.4, -0.2) is 44.3 Å². The number of hydrogen-bond donors (Lipinski definition) is 2. The first-order valence-corrected chi connectivity index (χ1v) is 11.2. The largest absolute Gasteiger partial charge is 0.461 e. The van der Waals surface area contributed by atoms with Crippen LogP contribution >= 0.6 is 0 Å². The third-order valence-electron chi connectivity index (χ3n) is 4.21. The highest BCUT2D eigenvalue weighted by Gasteiger charge is 2.19. The topological polar surface area (TPSA) is 132 Å². The molecular weight excluding hydrogens is 422 g/mol. The van der Waals surface area contributed by atoms with E-state index in [1.54, 1.807) is 12.1 Å².